The first-order valence-electron chi connectivity index (χ1n) is 8.31. The molecule has 0 aromatic heterocycles. The highest BCUT2D eigenvalue weighted by atomic mass is 16.3. The van der Waals surface area contributed by atoms with Crippen molar-refractivity contribution in [2.45, 2.75) is 63.5 Å². The smallest absolute Gasteiger partial charge is 0.289 e. The highest BCUT2D eigenvalue weighted by Crippen LogP contribution is 2.31. The minimum Gasteiger partial charge on any atom is -0.296 e. The summed E-state index contributed by atoms with van der Waals surface area (Å²) in [4.78, 5) is 24.2. The van der Waals surface area contributed by atoms with Crippen molar-refractivity contribution in [1.82, 2.24) is 10.2 Å². The molecule has 1 atom stereocenters. The van der Waals surface area contributed by atoms with Crippen molar-refractivity contribution >= 4 is 5.91 Å². The lowest BCUT2D eigenvalue weighted by Gasteiger charge is -2.33. The highest BCUT2D eigenvalue weighted by molar-refractivity contribution is 5.79. The molecule has 0 radical (unpaired) electrons. The molecular weight excluding hydrogens is 266 g/mol. The van der Waals surface area contributed by atoms with E-state index >= 15 is 0 Å². The van der Waals surface area contributed by atoms with Gasteiger partial charge in [-0.3, -0.25) is 15.0 Å². The first-order valence-corrected chi connectivity index (χ1v) is 8.31. The molecule has 1 aliphatic heterocycles. The van der Waals surface area contributed by atoms with E-state index in [1.165, 1.54) is 25.7 Å². The number of amides is 1. The van der Waals surface area contributed by atoms with Gasteiger partial charge in [-0.1, -0.05) is 11.6 Å². The first-order chi connectivity index (χ1) is 10.3. The summed E-state index contributed by atoms with van der Waals surface area (Å²) >= 11 is 0. The lowest BCUT2D eigenvalue weighted by atomic mass is 9.85. The van der Waals surface area contributed by atoms with Gasteiger partial charge in [-0.25, -0.2) is 0 Å². The molecule has 1 heterocycles. The van der Waals surface area contributed by atoms with Crippen molar-refractivity contribution in [3.63, 3.8) is 0 Å². The van der Waals surface area contributed by atoms with Crippen molar-refractivity contribution in [2.75, 3.05) is 13.2 Å². The molecule has 0 aromatic rings. The number of nitroso groups, excluding NO2 is 1. The molecule has 3 aliphatic rings. The summed E-state index contributed by atoms with van der Waals surface area (Å²) in [6.07, 6.45) is 11.2. The Morgan fingerprint density at radius 1 is 1.24 bits per heavy atom. The number of nitrogens with zero attached hydrogens (tertiary/aromatic N) is 2. The van der Waals surface area contributed by atoms with Gasteiger partial charge in [-0.2, -0.15) is 0 Å². The van der Waals surface area contributed by atoms with Crippen molar-refractivity contribution in [3.05, 3.63) is 16.6 Å². The third-order valence-electron chi connectivity index (χ3n) is 5.38. The van der Waals surface area contributed by atoms with Crippen LogP contribution in [0.3, 0.4) is 0 Å². The third kappa shape index (κ3) is 3.40. The van der Waals surface area contributed by atoms with E-state index in [2.05, 4.69) is 21.5 Å². The van der Waals surface area contributed by atoms with E-state index in [9.17, 15) is 9.70 Å². The minimum atomic E-state index is -0.446. The molecule has 5 heteroatoms. The van der Waals surface area contributed by atoms with Gasteiger partial charge in [0.2, 0.25) is 0 Å². The van der Waals surface area contributed by atoms with Crippen molar-refractivity contribution < 1.29 is 4.79 Å². The Morgan fingerprint density at radius 3 is 2.71 bits per heavy atom. The molecule has 2 fully saturated rings. The van der Waals surface area contributed by atoms with Crippen LogP contribution in [0.5, 0.6) is 0 Å². The number of carbonyl (C=O) groups excluding carboxylic acids is 1. The summed E-state index contributed by atoms with van der Waals surface area (Å²) < 4.78 is 0. The average molecular weight is 291 g/mol. The molecule has 5 nitrogen and oxygen atoms in total. The lowest BCUT2D eigenvalue weighted by molar-refractivity contribution is -0.122. The minimum absolute atomic E-state index is 0.119. The molecule has 0 spiro atoms. The van der Waals surface area contributed by atoms with Gasteiger partial charge in [-0.15, -0.1) is 4.91 Å². The van der Waals surface area contributed by atoms with Crippen LogP contribution >= 0.6 is 0 Å². The fourth-order valence-corrected chi connectivity index (χ4v) is 4.06. The molecule has 1 amide bonds. The molecule has 1 unspecified atom stereocenters. The molecule has 3 rings (SSSR count). The zero-order chi connectivity index (χ0) is 14.7. The Labute approximate surface area is 126 Å². The highest BCUT2D eigenvalue weighted by Gasteiger charge is 2.34. The Balaban J connectivity index is 1.50. The lowest BCUT2D eigenvalue weighted by Crippen LogP contribution is -2.38. The number of nitrogens with one attached hydrogen (secondary N) is 1. The number of carbonyl (C=O) groups is 1. The second-order valence-electron chi connectivity index (χ2n) is 6.65. The SMILES string of the molecule is O=NC(=O)[C@H]1CC[C@@H](N2CNC(C3=CCCCC3)C2)CC1. The molecule has 0 aromatic carbocycles. The second-order valence-corrected chi connectivity index (χ2v) is 6.65. The number of rotatable bonds is 3. The van der Waals surface area contributed by atoms with Crippen LogP contribution in [0.2, 0.25) is 0 Å². The van der Waals surface area contributed by atoms with Crippen LogP contribution in [-0.2, 0) is 4.79 Å². The van der Waals surface area contributed by atoms with Gasteiger partial charge in [0.25, 0.3) is 5.91 Å². The molecular formula is C16H25N3O2. The summed E-state index contributed by atoms with van der Waals surface area (Å²) in [7, 11) is 0. The predicted molar refractivity (Wildman–Crippen MR) is 81.6 cm³/mol. The second kappa shape index (κ2) is 6.79. The molecule has 0 bridgehead atoms. The van der Waals surface area contributed by atoms with E-state index < -0.39 is 5.91 Å². The molecule has 21 heavy (non-hydrogen) atoms. The Bertz CT molecular complexity index is 427. The topological polar surface area (TPSA) is 61.8 Å². The van der Waals surface area contributed by atoms with Crippen LogP contribution in [0.25, 0.3) is 0 Å². The molecule has 116 valence electrons. The van der Waals surface area contributed by atoms with E-state index in [1.807, 2.05) is 0 Å². The summed E-state index contributed by atoms with van der Waals surface area (Å²) in [6.45, 7) is 2.05. The number of hydrogen-bond acceptors (Lipinski definition) is 4. The molecule has 1 saturated carbocycles. The zero-order valence-electron chi connectivity index (χ0n) is 12.6. The van der Waals surface area contributed by atoms with Crippen LogP contribution < -0.4 is 5.32 Å². The monoisotopic (exact) mass is 291 g/mol. The first kappa shape index (κ1) is 14.9. The van der Waals surface area contributed by atoms with Crippen LogP contribution in [0.15, 0.2) is 16.8 Å². The largest absolute Gasteiger partial charge is 0.296 e. The molecule has 1 N–H and O–H groups in total. The fraction of sp³-hybridized carbons (Fsp3) is 0.812. The van der Waals surface area contributed by atoms with E-state index in [-0.39, 0.29) is 5.92 Å². The van der Waals surface area contributed by atoms with Gasteiger partial charge in [0.15, 0.2) is 0 Å². The van der Waals surface area contributed by atoms with E-state index in [1.54, 1.807) is 5.57 Å². The normalized spacial score (nSPS) is 34.5. The maximum atomic E-state index is 11.3. The number of allylic oxidation sites excluding steroid dienone is 1. The van der Waals surface area contributed by atoms with Gasteiger partial charge in [0, 0.05) is 36.4 Å². The van der Waals surface area contributed by atoms with Gasteiger partial charge in [-0.05, 0) is 51.4 Å². The van der Waals surface area contributed by atoms with Crippen LogP contribution in [0.4, 0.5) is 0 Å². The zero-order valence-corrected chi connectivity index (χ0v) is 12.6. The average Bonchev–Trinajstić information content (AvgIpc) is 3.05. The molecule has 1 saturated heterocycles. The van der Waals surface area contributed by atoms with Crippen molar-refractivity contribution in [1.29, 1.82) is 0 Å². The van der Waals surface area contributed by atoms with Crippen molar-refractivity contribution in [3.8, 4) is 0 Å². The van der Waals surface area contributed by atoms with Gasteiger partial charge >= 0.3 is 0 Å². The summed E-state index contributed by atoms with van der Waals surface area (Å²) in [5, 5.41) is 6.23. The van der Waals surface area contributed by atoms with E-state index in [0.717, 1.165) is 38.9 Å². The van der Waals surface area contributed by atoms with Crippen molar-refractivity contribution in [2.24, 2.45) is 11.1 Å². The Hall–Kier alpha value is -1.07. The Kier molecular flexibility index (Phi) is 4.80. The third-order valence-corrected chi connectivity index (χ3v) is 5.38. The summed E-state index contributed by atoms with van der Waals surface area (Å²) in [5.41, 5.74) is 1.60. The fourth-order valence-electron chi connectivity index (χ4n) is 4.06. The maximum absolute atomic E-state index is 11.3. The Morgan fingerprint density at radius 2 is 2.05 bits per heavy atom. The van der Waals surface area contributed by atoms with Gasteiger partial charge < -0.3 is 0 Å². The van der Waals surface area contributed by atoms with Gasteiger partial charge in [0.1, 0.15) is 0 Å². The van der Waals surface area contributed by atoms with E-state index in [4.69, 9.17) is 0 Å². The summed E-state index contributed by atoms with van der Waals surface area (Å²) in [5.74, 6) is -0.565. The molecule has 2 aliphatic carbocycles. The van der Waals surface area contributed by atoms with E-state index in [0.29, 0.717) is 12.1 Å². The van der Waals surface area contributed by atoms with Crippen LogP contribution in [-0.4, -0.2) is 36.1 Å². The maximum Gasteiger partial charge on any atom is 0.289 e. The predicted octanol–water partition coefficient (Wildman–Crippen LogP) is 2.57. The number of hydrogen-bond donors (Lipinski definition) is 1. The quantitative estimate of drug-likeness (QED) is 0.641. The summed E-state index contributed by atoms with van der Waals surface area (Å²) in [6, 6.07) is 1.09. The standard InChI is InChI=1S/C16H25N3O2/c20-16(18-21)13-6-8-14(9-7-13)19-10-15(17-11-19)12-4-2-1-3-5-12/h4,13-15,17H,1-3,5-11H2/t13-,14+,15?. The van der Waals surface area contributed by atoms with Crippen LogP contribution in [0.1, 0.15) is 51.4 Å². The van der Waals surface area contributed by atoms with Crippen LogP contribution in [0, 0.1) is 10.8 Å². The van der Waals surface area contributed by atoms with Gasteiger partial charge in [0.05, 0.1) is 0 Å².